The van der Waals surface area contributed by atoms with Crippen molar-refractivity contribution in [1.29, 1.82) is 0 Å². The molecule has 2 saturated heterocycles. The van der Waals surface area contributed by atoms with Crippen molar-refractivity contribution >= 4 is 22.8 Å². The number of nitrogens with one attached hydrogen (secondary N) is 1. The van der Waals surface area contributed by atoms with Crippen LogP contribution in [-0.4, -0.2) is 53.2 Å². The van der Waals surface area contributed by atoms with Crippen molar-refractivity contribution in [3.8, 4) is 0 Å². The lowest BCUT2D eigenvalue weighted by atomic mass is 9.95. The Morgan fingerprint density at radius 3 is 2.74 bits per heavy atom. The molecule has 1 unspecified atom stereocenters. The molecule has 2 aliphatic rings. The summed E-state index contributed by atoms with van der Waals surface area (Å²) in [4.78, 5) is 28.3. The van der Waals surface area contributed by atoms with Crippen molar-refractivity contribution in [2.24, 2.45) is 5.92 Å². The number of rotatable bonds is 4. The van der Waals surface area contributed by atoms with Crippen LogP contribution in [0.2, 0.25) is 0 Å². The van der Waals surface area contributed by atoms with Crippen LogP contribution in [0.3, 0.4) is 0 Å². The van der Waals surface area contributed by atoms with Crippen LogP contribution in [0.25, 0.3) is 11.2 Å². The van der Waals surface area contributed by atoms with Crippen molar-refractivity contribution < 1.29 is 9.53 Å². The third-order valence-corrected chi connectivity index (χ3v) is 5.68. The number of aryl methyl sites for hydroxylation is 2. The van der Waals surface area contributed by atoms with Crippen molar-refractivity contribution in [2.45, 2.75) is 45.6 Å². The predicted octanol–water partition coefficient (Wildman–Crippen LogP) is 2.15. The van der Waals surface area contributed by atoms with Gasteiger partial charge in [-0.05, 0) is 45.6 Å². The minimum Gasteiger partial charge on any atom is -0.376 e. The first-order chi connectivity index (χ1) is 13.1. The van der Waals surface area contributed by atoms with Crippen LogP contribution in [0.15, 0.2) is 12.3 Å². The van der Waals surface area contributed by atoms with E-state index < -0.39 is 0 Å². The van der Waals surface area contributed by atoms with E-state index >= 15 is 0 Å². The molecule has 7 heteroatoms. The minimum atomic E-state index is 0.0840. The second-order valence-corrected chi connectivity index (χ2v) is 7.57. The largest absolute Gasteiger partial charge is 0.376 e. The summed E-state index contributed by atoms with van der Waals surface area (Å²) in [7, 11) is 0. The Labute approximate surface area is 159 Å². The van der Waals surface area contributed by atoms with E-state index in [1.165, 1.54) is 0 Å². The van der Waals surface area contributed by atoms with Gasteiger partial charge in [0.2, 0.25) is 5.91 Å². The topological polar surface area (TPSA) is 80.2 Å². The zero-order valence-electron chi connectivity index (χ0n) is 16.1. The molecule has 1 atom stereocenters. The van der Waals surface area contributed by atoms with E-state index in [9.17, 15) is 4.79 Å². The SMILES string of the molecule is Cc1nc2cc(N3CCC(C(=O)NCC4CCCO4)CC3)cnc2nc1C. The lowest BCUT2D eigenvalue weighted by Gasteiger charge is -2.33. The molecule has 2 aromatic heterocycles. The molecule has 7 nitrogen and oxygen atoms in total. The van der Waals surface area contributed by atoms with Gasteiger partial charge in [0.1, 0.15) is 5.52 Å². The number of piperidine rings is 1. The first-order valence-corrected chi connectivity index (χ1v) is 9.85. The Morgan fingerprint density at radius 1 is 1.22 bits per heavy atom. The van der Waals surface area contributed by atoms with Crippen LogP contribution in [0.1, 0.15) is 37.1 Å². The van der Waals surface area contributed by atoms with E-state index in [1.54, 1.807) is 0 Å². The van der Waals surface area contributed by atoms with Gasteiger partial charge in [-0.1, -0.05) is 0 Å². The third-order valence-electron chi connectivity index (χ3n) is 5.68. The molecule has 0 radical (unpaired) electrons. The number of carbonyl (C=O) groups excluding carboxylic acids is 1. The van der Waals surface area contributed by atoms with Gasteiger partial charge in [0, 0.05) is 32.2 Å². The molecule has 4 rings (SSSR count). The zero-order chi connectivity index (χ0) is 18.8. The maximum atomic E-state index is 12.4. The van der Waals surface area contributed by atoms with Gasteiger partial charge in [0.05, 0.1) is 29.4 Å². The molecule has 0 saturated carbocycles. The lowest BCUT2D eigenvalue weighted by Crippen LogP contribution is -2.42. The summed E-state index contributed by atoms with van der Waals surface area (Å²) in [6.07, 6.45) is 5.93. The number of ether oxygens (including phenoxy) is 1. The number of carbonyl (C=O) groups is 1. The molecule has 2 fully saturated rings. The maximum absolute atomic E-state index is 12.4. The van der Waals surface area contributed by atoms with Crippen LogP contribution in [-0.2, 0) is 9.53 Å². The standard InChI is InChI=1S/C20H27N5O2/c1-13-14(2)24-19-18(23-13)10-16(11-21-19)25-7-5-15(6-8-25)20(26)22-12-17-4-3-9-27-17/h10-11,15,17H,3-9,12H2,1-2H3,(H,22,26). The van der Waals surface area contributed by atoms with Gasteiger partial charge < -0.3 is 15.0 Å². The van der Waals surface area contributed by atoms with Crippen LogP contribution < -0.4 is 10.2 Å². The molecule has 2 aliphatic heterocycles. The van der Waals surface area contributed by atoms with Crippen molar-refractivity contribution in [1.82, 2.24) is 20.3 Å². The Hall–Kier alpha value is -2.28. The van der Waals surface area contributed by atoms with E-state index in [-0.39, 0.29) is 17.9 Å². The average molecular weight is 369 g/mol. The summed E-state index contributed by atoms with van der Waals surface area (Å²) in [5, 5.41) is 3.07. The molecule has 0 aromatic carbocycles. The number of pyridine rings is 1. The van der Waals surface area contributed by atoms with Gasteiger partial charge in [-0.25, -0.2) is 15.0 Å². The van der Waals surface area contributed by atoms with Crippen LogP contribution >= 0.6 is 0 Å². The van der Waals surface area contributed by atoms with E-state index in [1.807, 2.05) is 20.0 Å². The quantitative estimate of drug-likeness (QED) is 0.890. The monoisotopic (exact) mass is 369 g/mol. The third kappa shape index (κ3) is 4.03. The highest BCUT2D eigenvalue weighted by molar-refractivity contribution is 5.79. The number of fused-ring (bicyclic) bond motifs is 1. The summed E-state index contributed by atoms with van der Waals surface area (Å²) in [5.74, 6) is 0.250. The first-order valence-electron chi connectivity index (χ1n) is 9.85. The Morgan fingerprint density at radius 2 is 2.00 bits per heavy atom. The Balaban J connectivity index is 1.35. The van der Waals surface area contributed by atoms with E-state index in [0.29, 0.717) is 12.2 Å². The van der Waals surface area contributed by atoms with Gasteiger partial charge in [-0.15, -0.1) is 0 Å². The van der Waals surface area contributed by atoms with Crippen LogP contribution in [0, 0.1) is 19.8 Å². The number of hydrogen-bond acceptors (Lipinski definition) is 6. The molecular formula is C20H27N5O2. The molecule has 1 N–H and O–H groups in total. The Bertz CT molecular complexity index is 826. The van der Waals surface area contributed by atoms with Gasteiger partial charge in [-0.2, -0.15) is 0 Å². The molecule has 27 heavy (non-hydrogen) atoms. The second-order valence-electron chi connectivity index (χ2n) is 7.57. The fourth-order valence-corrected chi connectivity index (χ4v) is 3.84. The minimum absolute atomic E-state index is 0.0840. The van der Waals surface area contributed by atoms with Gasteiger partial charge in [0.15, 0.2) is 5.65 Å². The molecule has 144 valence electrons. The van der Waals surface area contributed by atoms with E-state index in [0.717, 1.165) is 68.0 Å². The summed E-state index contributed by atoms with van der Waals surface area (Å²) in [6.45, 7) is 7.08. The number of anilines is 1. The number of aromatic nitrogens is 3. The second kappa shape index (κ2) is 7.76. The summed E-state index contributed by atoms with van der Waals surface area (Å²) < 4.78 is 5.58. The van der Waals surface area contributed by atoms with E-state index in [2.05, 4.69) is 31.2 Å². The molecule has 2 aromatic rings. The fraction of sp³-hybridized carbons (Fsp3) is 0.600. The normalized spacial score (nSPS) is 21.0. The molecular weight excluding hydrogens is 342 g/mol. The smallest absolute Gasteiger partial charge is 0.223 e. The van der Waals surface area contributed by atoms with Gasteiger partial charge >= 0.3 is 0 Å². The Kier molecular flexibility index (Phi) is 5.20. The van der Waals surface area contributed by atoms with Crippen molar-refractivity contribution in [2.75, 3.05) is 31.1 Å². The van der Waals surface area contributed by atoms with Crippen LogP contribution in [0.5, 0.6) is 0 Å². The summed E-state index contributed by atoms with van der Waals surface area (Å²) in [5.41, 5.74) is 4.41. The highest BCUT2D eigenvalue weighted by Crippen LogP contribution is 2.25. The highest BCUT2D eigenvalue weighted by atomic mass is 16.5. The van der Waals surface area contributed by atoms with Gasteiger partial charge in [-0.3, -0.25) is 4.79 Å². The van der Waals surface area contributed by atoms with E-state index in [4.69, 9.17) is 4.74 Å². The van der Waals surface area contributed by atoms with Crippen molar-refractivity contribution in [3.63, 3.8) is 0 Å². The average Bonchev–Trinajstić information content (AvgIpc) is 3.20. The summed E-state index contributed by atoms with van der Waals surface area (Å²) in [6, 6.07) is 2.06. The molecule has 0 aliphatic carbocycles. The lowest BCUT2D eigenvalue weighted by molar-refractivity contribution is -0.126. The number of hydrogen-bond donors (Lipinski definition) is 1. The van der Waals surface area contributed by atoms with Crippen molar-refractivity contribution in [3.05, 3.63) is 23.7 Å². The maximum Gasteiger partial charge on any atom is 0.223 e. The molecule has 1 amide bonds. The van der Waals surface area contributed by atoms with Crippen LogP contribution in [0.4, 0.5) is 5.69 Å². The molecule has 4 heterocycles. The fourth-order valence-electron chi connectivity index (χ4n) is 3.84. The predicted molar refractivity (Wildman–Crippen MR) is 104 cm³/mol. The first kappa shape index (κ1) is 18.1. The molecule has 0 bridgehead atoms. The number of nitrogens with zero attached hydrogens (tertiary/aromatic N) is 4. The zero-order valence-corrected chi connectivity index (χ0v) is 16.1. The molecule has 0 spiro atoms. The number of amides is 1. The highest BCUT2D eigenvalue weighted by Gasteiger charge is 2.26. The summed E-state index contributed by atoms with van der Waals surface area (Å²) >= 11 is 0. The van der Waals surface area contributed by atoms with Gasteiger partial charge in [0.25, 0.3) is 0 Å².